The van der Waals surface area contributed by atoms with Crippen LogP contribution >= 0.6 is 11.6 Å². The molecule has 0 aliphatic rings. The number of anilines is 1. The minimum atomic E-state index is -0.843. The smallest absolute Gasteiger partial charge is 0.273 e. The first kappa shape index (κ1) is 12.3. The maximum absolute atomic E-state index is 13.2. The van der Waals surface area contributed by atoms with Crippen molar-refractivity contribution in [2.45, 2.75) is 6.42 Å². The summed E-state index contributed by atoms with van der Waals surface area (Å²) in [6.07, 6.45) is 0.408. The summed E-state index contributed by atoms with van der Waals surface area (Å²) in [6.45, 7) is 0. The lowest BCUT2D eigenvalue weighted by molar-refractivity contribution is -0.385. The molecule has 1 rings (SSSR count). The van der Waals surface area contributed by atoms with Crippen LogP contribution in [0.5, 0.6) is 0 Å². The molecule has 6 heteroatoms. The highest BCUT2D eigenvalue weighted by Gasteiger charge is 2.13. The number of nitrogens with two attached hydrogens (primary N) is 1. The number of alkyl halides is 1. The number of hydrogen-bond donors (Lipinski definition) is 1. The Bertz CT molecular complexity index is 480. The van der Waals surface area contributed by atoms with E-state index < -0.39 is 10.7 Å². The second kappa shape index (κ2) is 5.33. The number of rotatable bonds is 2. The van der Waals surface area contributed by atoms with Crippen molar-refractivity contribution in [1.82, 2.24) is 0 Å². The number of benzene rings is 1. The van der Waals surface area contributed by atoms with E-state index in [9.17, 15) is 14.5 Å². The summed E-state index contributed by atoms with van der Waals surface area (Å²) < 4.78 is 13.2. The highest BCUT2D eigenvalue weighted by atomic mass is 35.5. The third kappa shape index (κ3) is 2.84. The molecule has 84 valence electrons. The van der Waals surface area contributed by atoms with E-state index in [0.717, 1.165) is 12.1 Å². The fourth-order valence-corrected chi connectivity index (χ4v) is 1.11. The highest BCUT2D eigenvalue weighted by Crippen LogP contribution is 2.22. The fourth-order valence-electron chi connectivity index (χ4n) is 1.02. The van der Waals surface area contributed by atoms with Crippen LogP contribution in [0.15, 0.2) is 12.1 Å². The van der Waals surface area contributed by atoms with Crippen LogP contribution in [0.3, 0.4) is 0 Å². The van der Waals surface area contributed by atoms with Gasteiger partial charge in [-0.3, -0.25) is 10.1 Å². The number of nitro benzene ring substituents is 1. The van der Waals surface area contributed by atoms with Gasteiger partial charge < -0.3 is 5.73 Å². The van der Waals surface area contributed by atoms with Crippen LogP contribution in [0.2, 0.25) is 0 Å². The van der Waals surface area contributed by atoms with E-state index in [1.807, 2.05) is 0 Å². The zero-order valence-electron chi connectivity index (χ0n) is 8.17. The molecule has 0 radical (unpaired) electrons. The molecule has 0 fully saturated rings. The van der Waals surface area contributed by atoms with E-state index in [2.05, 4.69) is 11.8 Å². The molecule has 0 aromatic heterocycles. The summed E-state index contributed by atoms with van der Waals surface area (Å²) in [4.78, 5) is 9.78. The average molecular weight is 243 g/mol. The summed E-state index contributed by atoms with van der Waals surface area (Å²) >= 11 is 5.40. The van der Waals surface area contributed by atoms with Gasteiger partial charge in [-0.1, -0.05) is 11.8 Å². The molecule has 0 unspecified atom stereocenters. The monoisotopic (exact) mass is 242 g/mol. The Morgan fingerprint density at radius 3 is 2.81 bits per heavy atom. The molecule has 0 spiro atoms. The molecular formula is C10H8ClFN2O2. The SMILES string of the molecule is Nc1c(F)cc([N+](=O)[O-])cc1C#CCCCl. The van der Waals surface area contributed by atoms with E-state index in [4.69, 9.17) is 17.3 Å². The Balaban J connectivity index is 3.18. The number of halogens is 2. The summed E-state index contributed by atoms with van der Waals surface area (Å²) in [5.74, 6) is 4.67. The molecule has 0 amide bonds. The molecule has 0 heterocycles. The minimum absolute atomic E-state index is 0.108. The van der Waals surface area contributed by atoms with Gasteiger partial charge in [-0.25, -0.2) is 4.39 Å². The van der Waals surface area contributed by atoms with Crippen molar-refractivity contribution in [2.24, 2.45) is 0 Å². The topological polar surface area (TPSA) is 69.2 Å². The number of nitro groups is 1. The first-order valence-corrected chi connectivity index (χ1v) is 4.88. The lowest BCUT2D eigenvalue weighted by atomic mass is 10.1. The molecule has 0 bridgehead atoms. The van der Waals surface area contributed by atoms with Crippen molar-refractivity contribution in [3.63, 3.8) is 0 Å². The minimum Gasteiger partial charge on any atom is -0.395 e. The zero-order chi connectivity index (χ0) is 12.1. The Morgan fingerprint density at radius 1 is 1.56 bits per heavy atom. The Morgan fingerprint density at radius 2 is 2.25 bits per heavy atom. The summed E-state index contributed by atoms with van der Waals surface area (Å²) in [7, 11) is 0. The normalized spacial score (nSPS) is 9.38. The van der Waals surface area contributed by atoms with Crippen LogP contribution in [0.1, 0.15) is 12.0 Å². The third-order valence-electron chi connectivity index (χ3n) is 1.77. The van der Waals surface area contributed by atoms with Gasteiger partial charge in [0, 0.05) is 18.4 Å². The van der Waals surface area contributed by atoms with Gasteiger partial charge in [0.1, 0.15) is 0 Å². The van der Waals surface area contributed by atoms with Crippen LogP contribution in [0, 0.1) is 27.8 Å². The predicted octanol–water partition coefficient (Wildman–Crippen LogP) is 2.30. The summed E-state index contributed by atoms with van der Waals surface area (Å²) in [6, 6.07) is 1.90. The van der Waals surface area contributed by atoms with Gasteiger partial charge >= 0.3 is 0 Å². The second-order valence-corrected chi connectivity index (χ2v) is 3.26. The van der Waals surface area contributed by atoms with Crippen LogP contribution < -0.4 is 5.73 Å². The lowest BCUT2D eigenvalue weighted by Gasteiger charge is -2.00. The van der Waals surface area contributed by atoms with Gasteiger partial charge in [0.2, 0.25) is 0 Å². The van der Waals surface area contributed by atoms with Crippen LogP contribution in [0.4, 0.5) is 15.8 Å². The second-order valence-electron chi connectivity index (χ2n) is 2.89. The largest absolute Gasteiger partial charge is 0.395 e. The maximum Gasteiger partial charge on any atom is 0.273 e. The first-order valence-electron chi connectivity index (χ1n) is 4.34. The van der Waals surface area contributed by atoms with Crippen LogP contribution in [0.25, 0.3) is 0 Å². The van der Waals surface area contributed by atoms with Crippen molar-refractivity contribution >= 4 is 23.0 Å². The van der Waals surface area contributed by atoms with Crippen molar-refractivity contribution in [1.29, 1.82) is 0 Å². The van der Waals surface area contributed by atoms with Crippen molar-refractivity contribution < 1.29 is 9.31 Å². The van der Waals surface area contributed by atoms with Crippen molar-refractivity contribution in [3.05, 3.63) is 33.6 Å². The number of hydrogen-bond acceptors (Lipinski definition) is 3. The quantitative estimate of drug-likeness (QED) is 0.284. The van der Waals surface area contributed by atoms with E-state index in [0.29, 0.717) is 12.3 Å². The van der Waals surface area contributed by atoms with E-state index in [1.165, 1.54) is 0 Å². The average Bonchev–Trinajstić information content (AvgIpc) is 2.24. The molecular weight excluding hydrogens is 235 g/mol. The molecule has 0 aliphatic carbocycles. The molecule has 1 aromatic rings. The molecule has 0 aliphatic heterocycles. The van der Waals surface area contributed by atoms with Gasteiger partial charge in [-0.05, 0) is 0 Å². The van der Waals surface area contributed by atoms with E-state index in [-0.39, 0.29) is 16.9 Å². The maximum atomic E-state index is 13.2. The predicted molar refractivity (Wildman–Crippen MR) is 59.7 cm³/mol. The summed E-state index contributed by atoms with van der Waals surface area (Å²) in [5.41, 5.74) is 4.95. The Kier molecular flexibility index (Phi) is 4.09. The molecule has 2 N–H and O–H groups in total. The molecule has 0 saturated carbocycles. The Hall–Kier alpha value is -1.80. The van der Waals surface area contributed by atoms with Crippen LogP contribution in [-0.2, 0) is 0 Å². The molecule has 0 atom stereocenters. The molecule has 4 nitrogen and oxygen atoms in total. The molecule has 16 heavy (non-hydrogen) atoms. The van der Waals surface area contributed by atoms with Gasteiger partial charge in [-0.15, -0.1) is 11.6 Å². The standard InChI is InChI=1S/C10H8ClFN2O2/c11-4-2-1-3-7-5-8(14(15)16)6-9(12)10(7)13/h5-6H,2,4,13H2. The van der Waals surface area contributed by atoms with Gasteiger partial charge in [0.25, 0.3) is 5.69 Å². The van der Waals surface area contributed by atoms with Crippen molar-refractivity contribution in [2.75, 3.05) is 11.6 Å². The van der Waals surface area contributed by atoms with E-state index in [1.54, 1.807) is 0 Å². The lowest BCUT2D eigenvalue weighted by Crippen LogP contribution is -1.98. The highest BCUT2D eigenvalue weighted by molar-refractivity contribution is 6.18. The summed E-state index contributed by atoms with van der Waals surface area (Å²) in [5, 5.41) is 10.5. The van der Waals surface area contributed by atoms with Gasteiger partial charge in [0.05, 0.1) is 22.2 Å². The molecule has 0 saturated heterocycles. The number of nitrogen functional groups attached to an aromatic ring is 1. The van der Waals surface area contributed by atoms with Crippen LogP contribution in [-0.4, -0.2) is 10.8 Å². The Labute approximate surface area is 96.4 Å². The van der Waals surface area contributed by atoms with Gasteiger partial charge in [-0.2, -0.15) is 0 Å². The van der Waals surface area contributed by atoms with E-state index >= 15 is 0 Å². The van der Waals surface area contributed by atoms with Gasteiger partial charge in [0.15, 0.2) is 5.82 Å². The first-order chi connectivity index (χ1) is 7.56. The number of nitrogens with zero attached hydrogens (tertiary/aromatic N) is 1. The zero-order valence-corrected chi connectivity index (χ0v) is 8.92. The molecule has 1 aromatic carbocycles. The number of non-ortho nitro benzene ring substituents is 1. The fraction of sp³-hybridized carbons (Fsp3) is 0.200. The van der Waals surface area contributed by atoms with Crippen molar-refractivity contribution in [3.8, 4) is 11.8 Å². The third-order valence-corrected chi connectivity index (χ3v) is 1.96.